The largest absolute Gasteiger partial charge is 0.340 e. The van der Waals surface area contributed by atoms with Crippen LogP contribution in [-0.2, 0) is 0 Å². The van der Waals surface area contributed by atoms with Crippen LogP contribution in [0.3, 0.4) is 0 Å². The van der Waals surface area contributed by atoms with Gasteiger partial charge >= 0.3 is 0 Å². The fraction of sp³-hybridized carbons (Fsp3) is 0.467. The Morgan fingerprint density at radius 2 is 1.82 bits per heavy atom. The summed E-state index contributed by atoms with van der Waals surface area (Å²) in [6, 6.07) is 0. The minimum Gasteiger partial charge on any atom is -0.340 e. The molecule has 0 saturated carbocycles. The molecule has 4 heterocycles. The average molecular weight is 315 g/mol. The maximum Gasteiger partial charge on any atom is 0.273 e. The van der Waals surface area contributed by atoms with Crippen molar-refractivity contribution in [2.75, 3.05) is 31.1 Å². The molecule has 4 rings (SSSR count). The Morgan fingerprint density at radius 1 is 1.14 bits per heavy atom. The molecule has 22 heavy (non-hydrogen) atoms. The first kappa shape index (κ1) is 13.6. The van der Waals surface area contributed by atoms with E-state index in [0.29, 0.717) is 17.5 Å². The van der Waals surface area contributed by atoms with Gasteiger partial charge in [-0.1, -0.05) is 0 Å². The summed E-state index contributed by atoms with van der Waals surface area (Å²) in [6.07, 6.45) is 3.71. The molecule has 0 aromatic carbocycles. The van der Waals surface area contributed by atoms with Gasteiger partial charge in [0.25, 0.3) is 5.91 Å². The number of fused-ring (bicyclic) bond motifs is 1. The van der Waals surface area contributed by atoms with Crippen LogP contribution in [0.5, 0.6) is 0 Å². The summed E-state index contributed by atoms with van der Waals surface area (Å²) in [5, 5.41) is 1.82. The van der Waals surface area contributed by atoms with Crippen LogP contribution in [0, 0.1) is 18.8 Å². The lowest BCUT2D eigenvalue weighted by Crippen LogP contribution is -2.33. The van der Waals surface area contributed by atoms with E-state index < -0.39 is 0 Å². The number of carbonyl (C=O) groups excluding carboxylic acids is 1. The number of aromatic nitrogens is 3. The van der Waals surface area contributed by atoms with Crippen molar-refractivity contribution in [1.82, 2.24) is 19.9 Å². The van der Waals surface area contributed by atoms with Gasteiger partial charge in [-0.15, -0.1) is 11.3 Å². The maximum absolute atomic E-state index is 12.4. The Hall–Kier alpha value is -2.02. The average Bonchev–Trinajstić information content (AvgIpc) is 3.23. The highest BCUT2D eigenvalue weighted by Gasteiger charge is 2.42. The SMILES string of the molecule is Cc1cnc(N2C[C@H]3CN(C(=O)c4cscn4)C[C@H]3C2)nc1. The molecule has 0 N–H and O–H groups in total. The van der Waals surface area contributed by atoms with Crippen molar-refractivity contribution >= 4 is 23.2 Å². The van der Waals surface area contributed by atoms with Gasteiger partial charge < -0.3 is 9.80 Å². The molecule has 2 atom stereocenters. The van der Waals surface area contributed by atoms with E-state index >= 15 is 0 Å². The van der Waals surface area contributed by atoms with Gasteiger partial charge in [-0.3, -0.25) is 4.79 Å². The number of rotatable bonds is 2. The van der Waals surface area contributed by atoms with E-state index in [1.807, 2.05) is 29.6 Å². The van der Waals surface area contributed by atoms with Gasteiger partial charge in [-0.05, 0) is 12.5 Å². The summed E-state index contributed by atoms with van der Waals surface area (Å²) < 4.78 is 0. The zero-order valence-corrected chi connectivity index (χ0v) is 13.2. The molecule has 0 unspecified atom stereocenters. The first-order valence-corrected chi connectivity index (χ1v) is 8.36. The molecule has 0 bridgehead atoms. The summed E-state index contributed by atoms with van der Waals surface area (Å²) in [6.45, 7) is 5.46. The van der Waals surface area contributed by atoms with Crippen LogP contribution in [0.15, 0.2) is 23.3 Å². The molecule has 7 heteroatoms. The van der Waals surface area contributed by atoms with Gasteiger partial charge in [0.2, 0.25) is 5.95 Å². The van der Waals surface area contributed by atoms with Crippen molar-refractivity contribution in [2.45, 2.75) is 6.92 Å². The molecule has 2 aromatic rings. The third-order valence-corrected chi connectivity index (χ3v) is 5.06. The molecule has 6 nitrogen and oxygen atoms in total. The number of amides is 1. The monoisotopic (exact) mass is 315 g/mol. The number of hydrogen-bond acceptors (Lipinski definition) is 6. The fourth-order valence-corrected chi connectivity index (χ4v) is 3.88. The summed E-state index contributed by atoms with van der Waals surface area (Å²) in [4.78, 5) is 29.5. The quantitative estimate of drug-likeness (QED) is 0.839. The topological polar surface area (TPSA) is 62.2 Å². The Labute approximate surface area is 132 Å². The van der Waals surface area contributed by atoms with Gasteiger partial charge in [0.15, 0.2) is 0 Å². The molecule has 0 radical (unpaired) electrons. The lowest BCUT2D eigenvalue weighted by atomic mass is 10.0. The number of anilines is 1. The highest BCUT2D eigenvalue weighted by Crippen LogP contribution is 2.33. The molecule has 2 fully saturated rings. The molecule has 0 aliphatic carbocycles. The zero-order valence-electron chi connectivity index (χ0n) is 12.3. The van der Waals surface area contributed by atoms with Crippen molar-refractivity contribution in [1.29, 1.82) is 0 Å². The number of thiazole rings is 1. The molecule has 1 amide bonds. The van der Waals surface area contributed by atoms with Crippen molar-refractivity contribution in [3.8, 4) is 0 Å². The van der Waals surface area contributed by atoms with Crippen LogP contribution < -0.4 is 4.90 Å². The number of likely N-dealkylation sites (tertiary alicyclic amines) is 1. The molecular weight excluding hydrogens is 298 g/mol. The van der Waals surface area contributed by atoms with Crippen LogP contribution in [0.1, 0.15) is 16.1 Å². The summed E-state index contributed by atoms with van der Waals surface area (Å²) in [5.74, 6) is 1.88. The second kappa shape index (κ2) is 5.31. The van der Waals surface area contributed by atoms with E-state index in [-0.39, 0.29) is 5.91 Å². The predicted octanol–water partition coefficient (Wildman–Crippen LogP) is 1.45. The van der Waals surface area contributed by atoms with Crippen molar-refractivity contribution < 1.29 is 4.79 Å². The molecule has 2 aliphatic rings. The highest BCUT2D eigenvalue weighted by molar-refractivity contribution is 7.07. The van der Waals surface area contributed by atoms with E-state index in [4.69, 9.17) is 0 Å². The molecule has 2 aromatic heterocycles. The van der Waals surface area contributed by atoms with Crippen molar-refractivity contribution in [3.63, 3.8) is 0 Å². The maximum atomic E-state index is 12.4. The van der Waals surface area contributed by atoms with Crippen LogP contribution >= 0.6 is 11.3 Å². The van der Waals surface area contributed by atoms with Crippen LogP contribution in [0.2, 0.25) is 0 Å². The van der Waals surface area contributed by atoms with E-state index in [1.165, 1.54) is 11.3 Å². The number of aryl methyl sites for hydroxylation is 1. The lowest BCUT2D eigenvalue weighted by molar-refractivity contribution is 0.0777. The van der Waals surface area contributed by atoms with Gasteiger partial charge in [0.1, 0.15) is 5.69 Å². The third-order valence-electron chi connectivity index (χ3n) is 4.48. The first-order valence-electron chi connectivity index (χ1n) is 7.42. The Kier molecular flexibility index (Phi) is 3.29. The smallest absolute Gasteiger partial charge is 0.273 e. The highest BCUT2D eigenvalue weighted by atomic mass is 32.1. The van der Waals surface area contributed by atoms with E-state index in [0.717, 1.165) is 37.7 Å². The van der Waals surface area contributed by atoms with E-state index in [1.54, 1.807) is 5.51 Å². The summed E-state index contributed by atoms with van der Waals surface area (Å²) in [7, 11) is 0. The summed E-state index contributed by atoms with van der Waals surface area (Å²) >= 11 is 1.46. The Bertz CT molecular complexity index is 658. The molecule has 0 spiro atoms. The second-order valence-electron chi connectivity index (χ2n) is 6.07. The fourth-order valence-electron chi connectivity index (χ4n) is 3.35. The van der Waals surface area contributed by atoms with Crippen LogP contribution in [0.4, 0.5) is 5.95 Å². The Morgan fingerprint density at radius 3 is 2.41 bits per heavy atom. The second-order valence-corrected chi connectivity index (χ2v) is 6.79. The molecule has 2 aliphatic heterocycles. The van der Waals surface area contributed by atoms with Crippen molar-refractivity contribution in [2.24, 2.45) is 11.8 Å². The van der Waals surface area contributed by atoms with Crippen molar-refractivity contribution in [3.05, 3.63) is 34.5 Å². The van der Waals surface area contributed by atoms with Crippen LogP contribution in [0.25, 0.3) is 0 Å². The Balaban J connectivity index is 1.42. The molecule has 2 saturated heterocycles. The van der Waals surface area contributed by atoms with Crippen LogP contribution in [-0.4, -0.2) is 51.9 Å². The predicted molar refractivity (Wildman–Crippen MR) is 84.0 cm³/mol. The molecular formula is C15H17N5OS. The minimum atomic E-state index is 0.0637. The number of carbonyl (C=O) groups is 1. The molecule has 114 valence electrons. The first-order chi connectivity index (χ1) is 10.7. The van der Waals surface area contributed by atoms with E-state index in [9.17, 15) is 4.79 Å². The zero-order chi connectivity index (χ0) is 15.1. The van der Waals surface area contributed by atoms with Gasteiger partial charge in [0.05, 0.1) is 5.51 Å². The lowest BCUT2D eigenvalue weighted by Gasteiger charge is -2.21. The standard InChI is InChI=1S/C15H17N5OS/c1-10-2-16-15(17-3-10)20-6-11-4-19(5-12(11)7-20)14(21)13-8-22-9-18-13/h2-3,8-9,11-12H,4-7H2,1H3/t11-,12+. The van der Waals surface area contributed by atoms with E-state index in [2.05, 4.69) is 19.9 Å². The third kappa shape index (κ3) is 2.35. The normalized spacial score (nSPS) is 23.9. The van der Waals surface area contributed by atoms with Gasteiger partial charge in [-0.25, -0.2) is 15.0 Å². The van der Waals surface area contributed by atoms with Gasteiger partial charge in [0, 0.05) is 55.8 Å². The van der Waals surface area contributed by atoms with Gasteiger partial charge in [-0.2, -0.15) is 0 Å². The number of nitrogens with zero attached hydrogens (tertiary/aromatic N) is 5. The number of hydrogen-bond donors (Lipinski definition) is 0. The summed E-state index contributed by atoms with van der Waals surface area (Å²) in [5.41, 5.74) is 3.35. The minimum absolute atomic E-state index is 0.0637.